The summed E-state index contributed by atoms with van der Waals surface area (Å²) in [6, 6.07) is -0.423. The Morgan fingerprint density at radius 1 is 1.62 bits per heavy atom. The van der Waals surface area contributed by atoms with Crippen LogP contribution in [0.15, 0.2) is 0 Å². The number of hydrogen-bond donors (Lipinski definition) is 2. The Morgan fingerprint density at radius 2 is 1.75 bits per heavy atom. The first-order chi connectivity index (χ1) is 2.64. The summed E-state index contributed by atoms with van der Waals surface area (Å²) in [5.41, 5.74) is 5.01. The Hall–Kier alpha value is 0.560. The molecular formula is C3H9Cl2NOS. The van der Waals surface area contributed by atoms with Gasteiger partial charge in [0.15, 0.2) is 0 Å². The lowest BCUT2D eigenvalue weighted by Crippen LogP contribution is -2.21. The number of nitrogens with two attached hydrogens (primary N) is 1. The normalized spacial score (nSPS) is 10.4. The molecule has 0 saturated heterocycles. The van der Waals surface area contributed by atoms with Crippen molar-refractivity contribution in [1.82, 2.24) is 0 Å². The van der Waals surface area contributed by atoms with Crippen LogP contribution in [0.1, 0.15) is 6.92 Å². The molecule has 0 unspecified atom stereocenters. The largest absolute Gasteiger partial charge is 0.321 e. The fourth-order valence-corrected chi connectivity index (χ4v) is 0. The summed E-state index contributed by atoms with van der Waals surface area (Å²) in [5.74, 6) is 0. The van der Waals surface area contributed by atoms with Gasteiger partial charge in [0.2, 0.25) is 5.12 Å². The molecule has 0 radical (unpaired) electrons. The maximum absolute atomic E-state index is 9.88. The highest BCUT2D eigenvalue weighted by molar-refractivity contribution is 7.96. The third-order valence-corrected chi connectivity index (χ3v) is 0.797. The molecule has 0 heterocycles. The number of carbonyl (C=O) groups is 1. The van der Waals surface area contributed by atoms with Gasteiger partial charge in [-0.25, -0.2) is 0 Å². The van der Waals surface area contributed by atoms with Gasteiger partial charge in [-0.15, -0.1) is 37.4 Å². The van der Waals surface area contributed by atoms with Crippen LogP contribution >= 0.6 is 37.4 Å². The maximum atomic E-state index is 9.88. The van der Waals surface area contributed by atoms with Crippen LogP contribution in [-0.4, -0.2) is 11.2 Å². The van der Waals surface area contributed by atoms with E-state index in [-0.39, 0.29) is 29.9 Å². The Kier molecular flexibility index (Phi) is 15.0. The minimum absolute atomic E-state index is 0. The van der Waals surface area contributed by atoms with E-state index in [1.165, 1.54) is 0 Å². The van der Waals surface area contributed by atoms with E-state index in [9.17, 15) is 4.79 Å². The van der Waals surface area contributed by atoms with Gasteiger partial charge in [-0.1, -0.05) is 0 Å². The van der Waals surface area contributed by atoms with Gasteiger partial charge in [0.1, 0.15) is 0 Å². The van der Waals surface area contributed by atoms with Gasteiger partial charge in [0.25, 0.3) is 0 Å². The molecule has 2 nitrogen and oxygen atoms in total. The molecule has 5 heteroatoms. The van der Waals surface area contributed by atoms with Crippen LogP contribution in [0.5, 0.6) is 0 Å². The molecule has 0 aromatic rings. The molecule has 0 spiro atoms. The molecule has 0 rings (SSSR count). The van der Waals surface area contributed by atoms with E-state index < -0.39 is 6.04 Å². The fourth-order valence-electron chi connectivity index (χ4n) is 0. The van der Waals surface area contributed by atoms with Crippen molar-refractivity contribution >= 4 is 42.6 Å². The van der Waals surface area contributed by atoms with Crippen LogP contribution < -0.4 is 5.73 Å². The van der Waals surface area contributed by atoms with Crippen LogP contribution in [0.25, 0.3) is 0 Å². The summed E-state index contributed by atoms with van der Waals surface area (Å²) in [5, 5.41) is -0.269. The van der Waals surface area contributed by atoms with E-state index in [2.05, 4.69) is 12.6 Å². The average molecular weight is 178 g/mol. The molecule has 0 aliphatic heterocycles. The quantitative estimate of drug-likeness (QED) is 0.578. The number of rotatable bonds is 1. The van der Waals surface area contributed by atoms with Crippen LogP contribution in [0.2, 0.25) is 0 Å². The maximum Gasteiger partial charge on any atom is 0.202 e. The van der Waals surface area contributed by atoms with Crippen molar-refractivity contribution in [3.8, 4) is 0 Å². The van der Waals surface area contributed by atoms with Crippen LogP contribution in [0.4, 0.5) is 0 Å². The molecular weight excluding hydrogens is 169 g/mol. The standard InChI is InChI=1S/C3H7NOS.2ClH/c1-2(4)3(5)6;;/h2H,4H2,1H3,(H,5,6);2*1H/t2-;;/m0../s1. The summed E-state index contributed by atoms with van der Waals surface area (Å²) in [7, 11) is 0. The minimum atomic E-state index is -0.423. The van der Waals surface area contributed by atoms with Gasteiger partial charge in [0.05, 0.1) is 6.04 Å². The third kappa shape index (κ3) is 9.75. The minimum Gasteiger partial charge on any atom is -0.321 e. The van der Waals surface area contributed by atoms with E-state index in [0.717, 1.165) is 0 Å². The molecule has 0 fully saturated rings. The molecule has 0 aliphatic carbocycles. The number of hydrogen-bond acceptors (Lipinski definition) is 2. The molecule has 0 saturated carbocycles. The van der Waals surface area contributed by atoms with Crippen molar-refractivity contribution in [2.45, 2.75) is 13.0 Å². The van der Waals surface area contributed by atoms with E-state index >= 15 is 0 Å². The monoisotopic (exact) mass is 177 g/mol. The molecule has 1 atom stereocenters. The van der Waals surface area contributed by atoms with Gasteiger partial charge in [0, 0.05) is 0 Å². The summed E-state index contributed by atoms with van der Waals surface area (Å²) in [6.07, 6.45) is 0. The fraction of sp³-hybridized carbons (Fsp3) is 0.667. The molecule has 0 aromatic heterocycles. The first kappa shape index (κ1) is 15.8. The van der Waals surface area contributed by atoms with Crippen molar-refractivity contribution < 1.29 is 4.79 Å². The second-order valence-electron chi connectivity index (χ2n) is 1.13. The highest BCUT2D eigenvalue weighted by atomic mass is 35.5. The molecule has 0 aromatic carbocycles. The van der Waals surface area contributed by atoms with Crippen molar-refractivity contribution in [3.63, 3.8) is 0 Å². The average Bonchev–Trinajstić information content (AvgIpc) is 1.36. The first-order valence-electron chi connectivity index (χ1n) is 1.63. The van der Waals surface area contributed by atoms with Crippen LogP contribution in [-0.2, 0) is 4.79 Å². The second kappa shape index (κ2) is 7.56. The Balaban J connectivity index is -0.000000125. The Labute approximate surface area is 66.4 Å². The molecule has 52 valence electrons. The van der Waals surface area contributed by atoms with Crippen molar-refractivity contribution in [3.05, 3.63) is 0 Å². The van der Waals surface area contributed by atoms with Crippen molar-refractivity contribution in [2.75, 3.05) is 0 Å². The van der Waals surface area contributed by atoms with E-state index in [1.54, 1.807) is 6.92 Å². The summed E-state index contributed by atoms with van der Waals surface area (Å²) >= 11 is 3.43. The van der Waals surface area contributed by atoms with Crippen molar-refractivity contribution in [2.24, 2.45) is 5.73 Å². The van der Waals surface area contributed by atoms with E-state index in [4.69, 9.17) is 5.73 Å². The zero-order chi connectivity index (χ0) is 5.15. The van der Waals surface area contributed by atoms with Crippen molar-refractivity contribution in [1.29, 1.82) is 0 Å². The Bertz CT molecular complexity index is 68.3. The predicted octanol–water partition coefficient (Wildman–Crippen LogP) is 0.634. The highest BCUT2D eigenvalue weighted by Crippen LogP contribution is 1.80. The number of thiol groups is 1. The van der Waals surface area contributed by atoms with Gasteiger partial charge in [-0.2, -0.15) is 0 Å². The predicted molar refractivity (Wildman–Crippen MR) is 42.1 cm³/mol. The lowest BCUT2D eigenvalue weighted by atomic mass is 10.4. The van der Waals surface area contributed by atoms with E-state index in [0.29, 0.717) is 0 Å². The van der Waals surface area contributed by atoms with E-state index in [1.807, 2.05) is 0 Å². The van der Waals surface area contributed by atoms with Crippen LogP contribution in [0.3, 0.4) is 0 Å². The first-order valence-corrected chi connectivity index (χ1v) is 2.07. The zero-order valence-corrected chi connectivity index (χ0v) is 6.85. The topological polar surface area (TPSA) is 43.1 Å². The zero-order valence-electron chi connectivity index (χ0n) is 4.33. The third-order valence-electron chi connectivity index (χ3n) is 0.390. The summed E-state index contributed by atoms with van der Waals surface area (Å²) < 4.78 is 0. The number of halogens is 2. The SMILES string of the molecule is C[C@H](N)C(=O)S.Cl.Cl. The van der Waals surface area contributed by atoms with Gasteiger partial charge < -0.3 is 5.73 Å². The molecule has 0 aliphatic rings. The molecule has 0 amide bonds. The summed E-state index contributed by atoms with van der Waals surface area (Å²) in [4.78, 5) is 9.88. The van der Waals surface area contributed by atoms with Gasteiger partial charge in [-0.05, 0) is 6.92 Å². The van der Waals surface area contributed by atoms with Gasteiger partial charge >= 0.3 is 0 Å². The van der Waals surface area contributed by atoms with Crippen LogP contribution in [0, 0.1) is 0 Å². The Morgan fingerprint density at radius 3 is 1.75 bits per heavy atom. The lowest BCUT2D eigenvalue weighted by Gasteiger charge is -1.90. The lowest BCUT2D eigenvalue weighted by molar-refractivity contribution is -0.111. The number of carbonyl (C=O) groups excluding carboxylic acids is 1. The smallest absolute Gasteiger partial charge is 0.202 e. The molecule has 2 N–H and O–H groups in total. The molecule has 8 heavy (non-hydrogen) atoms. The highest BCUT2D eigenvalue weighted by Gasteiger charge is 1.96. The second-order valence-corrected chi connectivity index (χ2v) is 1.57. The van der Waals surface area contributed by atoms with Gasteiger partial charge in [-0.3, -0.25) is 4.79 Å². The molecule has 0 bridgehead atoms. The summed E-state index contributed by atoms with van der Waals surface area (Å²) in [6.45, 7) is 1.59.